The number of benzene rings is 2. The van der Waals surface area contributed by atoms with Gasteiger partial charge in [-0.25, -0.2) is 0 Å². The Bertz CT molecular complexity index is 593. The van der Waals surface area contributed by atoms with Crippen LogP contribution in [0, 0.1) is 0 Å². The Labute approximate surface area is 120 Å². The lowest BCUT2D eigenvalue weighted by atomic mass is 10.0. The van der Waals surface area contributed by atoms with Crippen LogP contribution >= 0.6 is 0 Å². The number of nitrogens with two attached hydrogens (primary N) is 2. The quantitative estimate of drug-likeness (QED) is 0.747. The minimum atomic E-state index is 0.0830. The Hall–Kier alpha value is -2.36. The summed E-state index contributed by atoms with van der Waals surface area (Å²) in [5.74, 6) is 0. The Kier molecular flexibility index (Phi) is 4.03. The van der Waals surface area contributed by atoms with Crippen LogP contribution in [0.4, 0.5) is 22.7 Å². The molecular weight excluding hydrogens is 248 g/mol. The van der Waals surface area contributed by atoms with Crippen LogP contribution in [0.2, 0.25) is 0 Å². The van der Waals surface area contributed by atoms with Crippen LogP contribution < -0.4 is 21.7 Å². The van der Waals surface area contributed by atoms with E-state index in [1.54, 1.807) is 0 Å². The van der Waals surface area contributed by atoms with Crippen LogP contribution in [0.1, 0.15) is 18.5 Å². The highest BCUT2D eigenvalue weighted by molar-refractivity contribution is 5.70. The summed E-state index contributed by atoms with van der Waals surface area (Å²) in [5.41, 5.74) is 16.6. The molecular formula is C16H22N4. The molecule has 0 amide bonds. The minimum absolute atomic E-state index is 0.0830. The first-order chi connectivity index (χ1) is 9.49. The summed E-state index contributed by atoms with van der Waals surface area (Å²) in [6, 6.07) is 13.9. The topological polar surface area (TPSA) is 67.3 Å². The summed E-state index contributed by atoms with van der Waals surface area (Å²) in [6.07, 6.45) is 0. The van der Waals surface area contributed by atoms with Gasteiger partial charge in [0.15, 0.2) is 0 Å². The van der Waals surface area contributed by atoms with Crippen molar-refractivity contribution < 1.29 is 0 Å². The van der Waals surface area contributed by atoms with E-state index < -0.39 is 0 Å². The van der Waals surface area contributed by atoms with Crippen LogP contribution in [0.3, 0.4) is 0 Å². The zero-order chi connectivity index (χ0) is 14.7. The molecule has 0 bridgehead atoms. The van der Waals surface area contributed by atoms with E-state index in [-0.39, 0.29) is 6.04 Å². The summed E-state index contributed by atoms with van der Waals surface area (Å²) < 4.78 is 0. The smallest absolute Gasteiger partial charge is 0.0596 e. The Morgan fingerprint density at radius 2 is 1.75 bits per heavy atom. The molecule has 4 heteroatoms. The van der Waals surface area contributed by atoms with Crippen molar-refractivity contribution in [1.29, 1.82) is 0 Å². The van der Waals surface area contributed by atoms with E-state index in [0.29, 0.717) is 0 Å². The average molecular weight is 270 g/mol. The van der Waals surface area contributed by atoms with Gasteiger partial charge in [-0.3, -0.25) is 0 Å². The van der Waals surface area contributed by atoms with E-state index in [9.17, 15) is 0 Å². The molecule has 1 unspecified atom stereocenters. The summed E-state index contributed by atoms with van der Waals surface area (Å²) in [4.78, 5) is 2.08. The van der Waals surface area contributed by atoms with Gasteiger partial charge in [-0.2, -0.15) is 0 Å². The van der Waals surface area contributed by atoms with Gasteiger partial charge in [0.25, 0.3) is 0 Å². The number of hydrogen-bond donors (Lipinski definition) is 3. The van der Waals surface area contributed by atoms with E-state index in [2.05, 4.69) is 29.3 Å². The van der Waals surface area contributed by atoms with E-state index in [1.165, 1.54) is 0 Å². The lowest BCUT2D eigenvalue weighted by Gasteiger charge is -2.23. The molecule has 2 rings (SSSR count). The summed E-state index contributed by atoms with van der Waals surface area (Å²) in [5, 5.41) is 3.50. The van der Waals surface area contributed by atoms with Crippen molar-refractivity contribution in [2.45, 2.75) is 13.0 Å². The number of nitrogens with zero attached hydrogens (tertiary/aromatic N) is 1. The maximum atomic E-state index is 6.04. The van der Waals surface area contributed by atoms with Crippen LogP contribution in [0.15, 0.2) is 42.5 Å². The van der Waals surface area contributed by atoms with Crippen LogP contribution in [-0.2, 0) is 0 Å². The molecule has 2 aromatic rings. The molecule has 0 aliphatic rings. The molecule has 0 spiro atoms. The van der Waals surface area contributed by atoms with E-state index in [1.807, 2.05) is 44.4 Å². The molecule has 5 N–H and O–H groups in total. The third-order valence-electron chi connectivity index (χ3n) is 3.34. The molecule has 4 nitrogen and oxygen atoms in total. The molecule has 0 saturated heterocycles. The van der Waals surface area contributed by atoms with Crippen molar-refractivity contribution in [2.75, 3.05) is 35.8 Å². The second kappa shape index (κ2) is 5.74. The highest BCUT2D eigenvalue weighted by Gasteiger charge is 2.12. The van der Waals surface area contributed by atoms with Crippen molar-refractivity contribution in [3.8, 4) is 0 Å². The third kappa shape index (κ3) is 2.96. The van der Waals surface area contributed by atoms with E-state index >= 15 is 0 Å². The molecule has 0 aliphatic carbocycles. The van der Waals surface area contributed by atoms with Crippen LogP contribution in [-0.4, -0.2) is 14.1 Å². The van der Waals surface area contributed by atoms with E-state index in [4.69, 9.17) is 11.5 Å². The second-order valence-electron chi connectivity index (χ2n) is 5.17. The molecule has 2 aromatic carbocycles. The van der Waals surface area contributed by atoms with Crippen LogP contribution in [0.5, 0.6) is 0 Å². The molecule has 0 radical (unpaired) electrons. The van der Waals surface area contributed by atoms with Gasteiger partial charge in [-0.05, 0) is 42.8 Å². The predicted octanol–water partition coefficient (Wildman–Crippen LogP) is 3.09. The second-order valence-corrected chi connectivity index (χ2v) is 5.17. The molecule has 0 heterocycles. The first-order valence-corrected chi connectivity index (χ1v) is 6.67. The molecule has 106 valence electrons. The monoisotopic (exact) mass is 270 g/mol. The maximum Gasteiger partial charge on any atom is 0.0596 e. The van der Waals surface area contributed by atoms with Gasteiger partial charge in [-0.1, -0.05) is 12.1 Å². The summed E-state index contributed by atoms with van der Waals surface area (Å²) in [7, 11) is 4.06. The Balaban J connectivity index is 2.28. The lowest BCUT2D eigenvalue weighted by molar-refractivity contribution is 0.886. The van der Waals surface area contributed by atoms with Gasteiger partial charge in [0.05, 0.1) is 17.4 Å². The van der Waals surface area contributed by atoms with E-state index in [0.717, 1.165) is 28.3 Å². The van der Waals surface area contributed by atoms with Crippen molar-refractivity contribution >= 4 is 22.7 Å². The largest absolute Gasteiger partial charge is 0.399 e. The van der Waals surface area contributed by atoms with Gasteiger partial charge in [0, 0.05) is 25.5 Å². The first-order valence-electron chi connectivity index (χ1n) is 6.67. The molecule has 1 atom stereocenters. The van der Waals surface area contributed by atoms with Crippen molar-refractivity contribution in [3.63, 3.8) is 0 Å². The summed E-state index contributed by atoms with van der Waals surface area (Å²) >= 11 is 0. The average Bonchev–Trinajstić information content (AvgIpc) is 2.41. The number of para-hydroxylation sites is 2. The molecule has 0 aliphatic heterocycles. The number of nitrogens with one attached hydrogen (secondary N) is 1. The predicted molar refractivity (Wildman–Crippen MR) is 88.1 cm³/mol. The fraction of sp³-hybridized carbons (Fsp3) is 0.250. The fourth-order valence-corrected chi connectivity index (χ4v) is 2.26. The third-order valence-corrected chi connectivity index (χ3v) is 3.34. The normalized spacial score (nSPS) is 11.9. The molecule has 20 heavy (non-hydrogen) atoms. The zero-order valence-corrected chi connectivity index (χ0v) is 12.2. The van der Waals surface area contributed by atoms with Crippen molar-refractivity contribution in [3.05, 3.63) is 48.0 Å². The maximum absolute atomic E-state index is 6.04. The fourth-order valence-electron chi connectivity index (χ4n) is 2.26. The Morgan fingerprint density at radius 3 is 2.45 bits per heavy atom. The number of hydrogen-bond acceptors (Lipinski definition) is 4. The standard InChI is InChI=1S/C16H22N4/c1-11(13-10-12(17)8-9-14(13)18)19-15-6-4-5-7-16(15)20(2)3/h4-11,19H,17-18H2,1-3H3. The first kappa shape index (κ1) is 14.1. The molecule has 0 fully saturated rings. The van der Waals surface area contributed by atoms with Crippen molar-refractivity contribution in [1.82, 2.24) is 0 Å². The zero-order valence-electron chi connectivity index (χ0n) is 12.2. The van der Waals surface area contributed by atoms with Crippen LogP contribution in [0.25, 0.3) is 0 Å². The highest BCUT2D eigenvalue weighted by atomic mass is 15.1. The van der Waals surface area contributed by atoms with Gasteiger partial charge >= 0.3 is 0 Å². The number of rotatable bonds is 4. The lowest BCUT2D eigenvalue weighted by Crippen LogP contribution is -2.15. The highest BCUT2D eigenvalue weighted by Crippen LogP contribution is 2.30. The van der Waals surface area contributed by atoms with Gasteiger partial charge in [0.2, 0.25) is 0 Å². The summed E-state index contributed by atoms with van der Waals surface area (Å²) in [6.45, 7) is 2.08. The number of nitrogen functional groups attached to an aromatic ring is 2. The molecule has 0 saturated carbocycles. The molecule has 0 aromatic heterocycles. The van der Waals surface area contributed by atoms with Gasteiger partial charge in [0.1, 0.15) is 0 Å². The van der Waals surface area contributed by atoms with Crippen molar-refractivity contribution in [2.24, 2.45) is 0 Å². The number of anilines is 4. The van der Waals surface area contributed by atoms with Gasteiger partial charge in [-0.15, -0.1) is 0 Å². The van der Waals surface area contributed by atoms with Gasteiger partial charge < -0.3 is 21.7 Å². The SMILES string of the molecule is CC(Nc1ccccc1N(C)C)c1cc(N)ccc1N. The Morgan fingerprint density at radius 1 is 1.05 bits per heavy atom. The minimum Gasteiger partial charge on any atom is -0.399 e.